The fourth-order valence-electron chi connectivity index (χ4n) is 2.00. The second-order valence-electron chi connectivity index (χ2n) is 4.18. The molecule has 0 aliphatic carbocycles. The normalized spacial score (nSPS) is 14.8. The molecule has 0 radical (unpaired) electrons. The minimum Gasteiger partial charge on any atom is -0.223 e. The number of benzene rings is 1. The van der Waals surface area contributed by atoms with Gasteiger partial charge in [0, 0.05) is 5.02 Å². The minimum atomic E-state index is -3.38. The maximum atomic E-state index is 12.6. The third-order valence-corrected chi connectivity index (χ3v) is 5.49. The van der Waals surface area contributed by atoms with E-state index in [2.05, 4.69) is 0 Å². The van der Waals surface area contributed by atoms with Crippen molar-refractivity contribution in [2.24, 2.45) is 0 Å². The van der Waals surface area contributed by atoms with Gasteiger partial charge in [0.1, 0.15) is 0 Å². The van der Waals surface area contributed by atoms with Gasteiger partial charge in [-0.05, 0) is 50.1 Å². The van der Waals surface area contributed by atoms with E-state index in [1.54, 1.807) is 24.3 Å². The topological polar surface area (TPSA) is 34.1 Å². The number of halogens is 1. The van der Waals surface area contributed by atoms with Crippen LogP contribution in [0.25, 0.3) is 0 Å². The molecule has 19 heavy (non-hydrogen) atoms. The quantitative estimate of drug-likeness (QED) is 0.754. The molecule has 1 aromatic carbocycles. The molecule has 1 rings (SSSR count). The molecule has 0 aliphatic heterocycles. The molecular weight excluding hydrogens is 280 g/mol. The van der Waals surface area contributed by atoms with Gasteiger partial charge < -0.3 is 0 Å². The molecule has 2 nitrogen and oxygen atoms in total. The lowest BCUT2D eigenvalue weighted by atomic mass is 10.1. The Morgan fingerprint density at radius 1 is 1.26 bits per heavy atom. The summed E-state index contributed by atoms with van der Waals surface area (Å²) >= 11 is 5.80. The second kappa shape index (κ2) is 6.92. The van der Waals surface area contributed by atoms with Gasteiger partial charge in [0.05, 0.1) is 10.1 Å². The first-order chi connectivity index (χ1) is 8.97. The summed E-state index contributed by atoms with van der Waals surface area (Å²) < 4.78 is 25.3. The number of sulfone groups is 1. The van der Waals surface area contributed by atoms with E-state index in [9.17, 15) is 8.42 Å². The first-order valence-corrected chi connectivity index (χ1v) is 8.18. The van der Waals surface area contributed by atoms with Gasteiger partial charge in [-0.3, -0.25) is 0 Å². The van der Waals surface area contributed by atoms with Crippen molar-refractivity contribution in [2.75, 3.05) is 0 Å². The van der Waals surface area contributed by atoms with E-state index in [0.717, 1.165) is 5.57 Å². The van der Waals surface area contributed by atoms with Crippen LogP contribution in [0.3, 0.4) is 0 Å². The molecule has 0 amide bonds. The van der Waals surface area contributed by atoms with Crippen LogP contribution < -0.4 is 0 Å². The van der Waals surface area contributed by atoms with Crippen LogP contribution in [-0.2, 0) is 9.84 Å². The summed E-state index contributed by atoms with van der Waals surface area (Å²) in [7, 11) is -3.38. The van der Waals surface area contributed by atoms with Gasteiger partial charge in [0.2, 0.25) is 0 Å². The Morgan fingerprint density at radius 3 is 2.26 bits per heavy atom. The van der Waals surface area contributed by atoms with E-state index in [-0.39, 0.29) is 0 Å². The first kappa shape index (κ1) is 16.0. The Kier molecular flexibility index (Phi) is 5.83. The van der Waals surface area contributed by atoms with Gasteiger partial charge in [-0.1, -0.05) is 36.8 Å². The molecule has 0 saturated carbocycles. The lowest BCUT2D eigenvalue weighted by Crippen LogP contribution is -2.22. The van der Waals surface area contributed by atoms with Crippen LogP contribution in [-0.4, -0.2) is 13.7 Å². The zero-order chi connectivity index (χ0) is 14.5. The van der Waals surface area contributed by atoms with Crippen molar-refractivity contribution in [3.8, 4) is 0 Å². The van der Waals surface area contributed by atoms with E-state index in [4.69, 9.17) is 11.6 Å². The molecule has 0 aromatic heterocycles. The van der Waals surface area contributed by atoms with Crippen LogP contribution in [0.15, 0.2) is 53.0 Å². The molecule has 4 heteroatoms. The average molecular weight is 299 g/mol. The Balaban J connectivity index is 3.26. The van der Waals surface area contributed by atoms with Crippen LogP contribution in [0.2, 0.25) is 5.02 Å². The highest BCUT2D eigenvalue weighted by Crippen LogP contribution is 2.25. The van der Waals surface area contributed by atoms with Crippen LogP contribution >= 0.6 is 11.6 Å². The molecule has 0 N–H and O–H groups in total. The monoisotopic (exact) mass is 298 g/mol. The third-order valence-electron chi connectivity index (χ3n) is 2.95. The summed E-state index contributed by atoms with van der Waals surface area (Å²) in [6.07, 6.45) is 6.09. The van der Waals surface area contributed by atoms with E-state index in [0.29, 0.717) is 16.3 Å². The van der Waals surface area contributed by atoms with Crippen molar-refractivity contribution in [1.29, 1.82) is 0 Å². The van der Waals surface area contributed by atoms with Crippen molar-refractivity contribution in [2.45, 2.75) is 37.3 Å². The number of rotatable bonds is 5. The maximum Gasteiger partial charge on any atom is 0.185 e. The van der Waals surface area contributed by atoms with Crippen LogP contribution in [0.4, 0.5) is 0 Å². The van der Waals surface area contributed by atoms with Gasteiger partial charge in [0.25, 0.3) is 0 Å². The highest BCUT2D eigenvalue weighted by Gasteiger charge is 2.27. The lowest BCUT2D eigenvalue weighted by molar-refractivity contribution is 0.584. The number of hydrogen-bond acceptors (Lipinski definition) is 2. The molecule has 1 unspecified atom stereocenters. The van der Waals surface area contributed by atoms with E-state index >= 15 is 0 Å². The van der Waals surface area contributed by atoms with E-state index < -0.39 is 15.1 Å². The predicted octanol–water partition coefficient (Wildman–Crippen LogP) is 4.41. The molecule has 104 valence electrons. The van der Waals surface area contributed by atoms with E-state index in [1.165, 1.54) is 0 Å². The van der Waals surface area contributed by atoms with Gasteiger partial charge in [-0.25, -0.2) is 8.42 Å². The summed E-state index contributed by atoms with van der Waals surface area (Å²) in [4.78, 5) is 0.313. The highest BCUT2D eigenvalue weighted by molar-refractivity contribution is 7.92. The molecule has 1 aromatic rings. The molecule has 1 atom stereocenters. The van der Waals surface area contributed by atoms with Gasteiger partial charge in [-0.15, -0.1) is 0 Å². The Hall–Kier alpha value is -1.06. The molecule has 0 heterocycles. The molecule has 0 spiro atoms. The van der Waals surface area contributed by atoms with Gasteiger partial charge >= 0.3 is 0 Å². The van der Waals surface area contributed by atoms with Crippen molar-refractivity contribution in [3.05, 3.63) is 53.1 Å². The number of hydrogen-bond donors (Lipinski definition) is 0. The highest BCUT2D eigenvalue weighted by atomic mass is 35.5. The fraction of sp³-hybridized carbons (Fsp3) is 0.333. The van der Waals surface area contributed by atoms with Gasteiger partial charge in [0.15, 0.2) is 9.84 Å². The summed E-state index contributed by atoms with van der Waals surface area (Å²) in [6.45, 7) is 5.62. The summed E-state index contributed by atoms with van der Waals surface area (Å²) in [6, 6.07) is 6.32. The summed E-state index contributed by atoms with van der Waals surface area (Å²) in [5.41, 5.74) is 0.819. The van der Waals surface area contributed by atoms with Crippen molar-refractivity contribution in [3.63, 3.8) is 0 Å². The average Bonchev–Trinajstić information content (AvgIpc) is 2.38. The largest absolute Gasteiger partial charge is 0.223 e. The maximum absolute atomic E-state index is 12.6. The molecule has 0 saturated heterocycles. The van der Waals surface area contributed by atoms with Crippen LogP contribution in [0.5, 0.6) is 0 Å². The van der Waals surface area contributed by atoms with Crippen molar-refractivity contribution < 1.29 is 8.42 Å². The van der Waals surface area contributed by atoms with Crippen molar-refractivity contribution >= 4 is 21.4 Å². The molecule has 0 aliphatic rings. The second-order valence-corrected chi connectivity index (χ2v) is 6.75. The standard InChI is InChI=1S/C15H19ClO2S/c1-4-7-12(5-2)15(6-3)19(17,18)14-10-8-13(16)9-11-14/h4-5,7-11,15H,6H2,1-3H3. The molecular formula is C15H19ClO2S. The van der Waals surface area contributed by atoms with E-state index in [1.807, 2.05) is 39.0 Å². The molecule has 0 fully saturated rings. The zero-order valence-corrected chi connectivity index (χ0v) is 13.0. The van der Waals surface area contributed by atoms with Crippen LogP contribution in [0, 0.1) is 0 Å². The third kappa shape index (κ3) is 3.71. The Morgan fingerprint density at radius 2 is 1.84 bits per heavy atom. The Labute approximate surface area is 120 Å². The molecule has 0 bridgehead atoms. The van der Waals surface area contributed by atoms with Crippen LogP contribution in [0.1, 0.15) is 27.2 Å². The van der Waals surface area contributed by atoms with Crippen molar-refractivity contribution in [1.82, 2.24) is 0 Å². The predicted molar refractivity (Wildman–Crippen MR) is 81.3 cm³/mol. The summed E-state index contributed by atoms with van der Waals surface area (Å²) in [5.74, 6) is 0. The fourth-order valence-corrected chi connectivity index (χ4v) is 3.99. The zero-order valence-electron chi connectivity index (χ0n) is 11.4. The first-order valence-electron chi connectivity index (χ1n) is 6.25. The SMILES string of the molecule is CC=CC(=CC)C(CC)S(=O)(=O)c1ccc(Cl)cc1. The smallest absolute Gasteiger partial charge is 0.185 e. The minimum absolute atomic E-state index is 0.313. The van der Waals surface area contributed by atoms with Gasteiger partial charge in [-0.2, -0.15) is 0 Å². The number of allylic oxidation sites excluding steroid dienone is 3. The summed E-state index contributed by atoms with van der Waals surface area (Å²) in [5, 5.41) is 0.0154. The Bertz CT molecular complexity index is 569. The lowest BCUT2D eigenvalue weighted by Gasteiger charge is -2.17.